The number of benzene rings is 1. The van der Waals surface area contributed by atoms with Gasteiger partial charge in [-0.3, -0.25) is 0 Å². The summed E-state index contributed by atoms with van der Waals surface area (Å²) >= 11 is 0. The van der Waals surface area contributed by atoms with Gasteiger partial charge < -0.3 is 15.5 Å². The Balaban J connectivity index is 2.95. The van der Waals surface area contributed by atoms with Gasteiger partial charge in [0.1, 0.15) is 11.4 Å². The van der Waals surface area contributed by atoms with Crippen LogP contribution in [0.1, 0.15) is 23.7 Å². The van der Waals surface area contributed by atoms with Gasteiger partial charge in [0.15, 0.2) is 0 Å². The lowest BCUT2D eigenvalue weighted by atomic mass is 10.1. The minimum atomic E-state index is -1.31. The summed E-state index contributed by atoms with van der Waals surface area (Å²) in [5, 5.41) is 20.4. The Morgan fingerprint density at radius 2 is 2.25 bits per heavy atom. The number of rotatable bonds is 5. The zero-order chi connectivity index (χ0) is 12.1. The van der Waals surface area contributed by atoms with Gasteiger partial charge in [0.25, 0.3) is 0 Å². The minimum absolute atomic E-state index is 0.00805. The van der Waals surface area contributed by atoms with Crippen LogP contribution >= 0.6 is 0 Å². The first-order chi connectivity index (χ1) is 7.56. The van der Waals surface area contributed by atoms with Crippen molar-refractivity contribution in [1.82, 2.24) is 0 Å². The molecule has 0 saturated carbocycles. The molecular weight excluding hydrogens is 213 g/mol. The number of aliphatic hydroxyl groups excluding tert-OH is 1. The van der Waals surface area contributed by atoms with Crippen molar-refractivity contribution in [3.05, 3.63) is 29.6 Å². The molecule has 0 radical (unpaired) electrons. The van der Waals surface area contributed by atoms with E-state index in [0.717, 1.165) is 6.07 Å². The number of carbonyl (C=O) groups is 1. The molecule has 4 nitrogen and oxygen atoms in total. The molecule has 1 aromatic carbocycles. The van der Waals surface area contributed by atoms with Crippen molar-refractivity contribution < 1.29 is 19.4 Å². The van der Waals surface area contributed by atoms with Gasteiger partial charge in [0.2, 0.25) is 0 Å². The van der Waals surface area contributed by atoms with Crippen molar-refractivity contribution in [1.29, 1.82) is 0 Å². The highest BCUT2D eigenvalue weighted by atomic mass is 19.1. The lowest BCUT2D eigenvalue weighted by Crippen LogP contribution is -2.19. The molecule has 5 heteroatoms. The number of carboxylic acids is 1. The highest BCUT2D eigenvalue weighted by Crippen LogP contribution is 2.20. The van der Waals surface area contributed by atoms with Gasteiger partial charge in [-0.1, -0.05) is 6.07 Å². The Bertz CT molecular complexity index is 381. The summed E-state index contributed by atoms with van der Waals surface area (Å²) in [4.78, 5) is 10.9. The van der Waals surface area contributed by atoms with Crippen LogP contribution in [0.2, 0.25) is 0 Å². The molecule has 3 N–H and O–H groups in total. The number of halogens is 1. The lowest BCUT2D eigenvalue weighted by molar-refractivity contribution is 0.0693. The van der Waals surface area contributed by atoms with Crippen molar-refractivity contribution in [2.75, 3.05) is 11.9 Å². The molecule has 1 aromatic rings. The number of aliphatic hydroxyl groups is 1. The third-order valence-electron chi connectivity index (χ3n) is 2.19. The van der Waals surface area contributed by atoms with E-state index in [0.29, 0.717) is 6.42 Å². The van der Waals surface area contributed by atoms with Crippen molar-refractivity contribution in [2.24, 2.45) is 0 Å². The quantitative estimate of drug-likeness (QED) is 0.716. The van der Waals surface area contributed by atoms with Crippen molar-refractivity contribution >= 4 is 11.7 Å². The van der Waals surface area contributed by atoms with Crippen LogP contribution in [0, 0.1) is 5.82 Å². The van der Waals surface area contributed by atoms with Crippen LogP contribution in [0.25, 0.3) is 0 Å². The highest BCUT2D eigenvalue weighted by molar-refractivity contribution is 5.94. The van der Waals surface area contributed by atoms with E-state index in [1.54, 1.807) is 6.92 Å². The molecule has 1 rings (SSSR count). The molecule has 1 atom stereocenters. The van der Waals surface area contributed by atoms with Crippen LogP contribution in [0.3, 0.4) is 0 Å². The van der Waals surface area contributed by atoms with E-state index in [1.165, 1.54) is 12.1 Å². The summed E-state index contributed by atoms with van der Waals surface area (Å²) in [6.45, 7) is 1.78. The predicted octanol–water partition coefficient (Wildman–Crippen LogP) is 1.71. The Morgan fingerprint density at radius 3 is 2.81 bits per heavy atom. The second-order valence-corrected chi connectivity index (χ2v) is 3.53. The van der Waals surface area contributed by atoms with E-state index in [4.69, 9.17) is 10.2 Å². The molecule has 0 aliphatic carbocycles. The van der Waals surface area contributed by atoms with Crippen LogP contribution in [0.5, 0.6) is 0 Å². The van der Waals surface area contributed by atoms with Gasteiger partial charge in [-0.05, 0) is 25.5 Å². The first-order valence-electron chi connectivity index (χ1n) is 4.95. The first kappa shape index (κ1) is 12.4. The SMILES string of the molecule is CC(CCO)Nc1cccc(F)c1C(=O)O. The van der Waals surface area contributed by atoms with Crippen molar-refractivity contribution in [2.45, 2.75) is 19.4 Å². The smallest absolute Gasteiger partial charge is 0.340 e. The number of hydrogen-bond donors (Lipinski definition) is 3. The minimum Gasteiger partial charge on any atom is -0.478 e. The fourth-order valence-corrected chi connectivity index (χ4v) is 1.39. The van der Waals surface area contributed by atoms with Gasteiger partial charge in [-0.15, -0.1) is 0 Å². The molecule has 1 unspecified atom stereocenters. The molecule has 0 aromatic heterocycles. The van der Waals surface area contributed by atoms with Crippen LogP contribution in [0.4, 0.5) is 10.1 Å². The average molecular weight is 227 g/mol. The average Bonchev–Trinajstić information content (AvgIpc) is 2.17. The van der Waals surface area contributed by atoms with Gasteiger partial charge >= 0.3 is 5.97 Å². The third-order valence-corrected chi connectivity index (χ3v) is 2.19. The maximum atomic E-state index is 13.3. The molecule has 0 amide bonds. The van der Waals surface area contributed by atoms with E-state index < -0.39 is 11.8 Å². The fourth-order valence-electron chi connectivity index (χ4n) is 1.39. The van der Waals surface area contributed by atoms with Crippen LogP contribution in [0.15, 0.2) is 18.2 Å². The van der Waals surface area contributed by atoms with E-state index in [2.05, 4.69) is 5.32 Å². The predicted molar refractivity (Wildman–Crippen MR) is 58.1 cm³/mol. The molecule has 0 bridgehead atoms. The Kier molecular flexibility index (Phi) is 4.25. The van der Waals surface area contributed by atoms with Crippen LogP contribution in [-0.4, -0.2) is 28.8 Å². The first-order valence-corrected chi connectivity index (χ1v) is 4.95. The van der Waals surface area contributed by atoms with E-state index in [-0.39, 0.29) is 23.9 Å². The van der Waals surface area contributed by atoms with Crippen molar-refractivity contribution in [3.8, 4) is 0 Å². The number of carboxylic acid groups (broad SMARTS) is 1. The molecule has 0 aliphatic heterocycles. The topological polar surface area (TPSA) is 69.6 Å². The van der Waals surface area contributed by atoms with Gasteiger partial charge in [-0.2, -0.15) is 0 Å². The zero-order valence-corrected chi connectivity index (χ0v) is 8.90. The van der Waals surface area contributed by atoms with Crippen molar-refractivity contribution in [3.63, 3.8) is 0 Å². The second-order valence-electron chi connectivity index (χ2n) is 3.53. The lowest BCUT2D eigenvalue weighted by Gasteiger charge is -2.15. The van der Waals surface area contributed by atoms with E-state index in [9.17, 15) is 9.18 Å². The second kappa shape index (κ2) is 5.46. The maximum Gasteiger partial charge on any atom is 0.340 e. The zero-order valence-electron chi connectivity index (χ0n) is 8.90. The Hall–Kier alpha value is -1.62. The van der Waals surface area contributed by atoms with E-state index >= 15 is 0 Å². The van der Waals surface area contributed by atoms with Crippen LogP contribution < -0.4 is 5.32 Å². The summed E-state index contributed by atoms with van der Waals surface area (Å²) in [6, 6.07) is 3.92. The molecule has 0 heterocycles. The molecule has 0 saturated heterocycles. The Morgan fingerprint density at radius 1 is 1.56 bits per heavy atom. The summed E-state index contributed by atoms with van der Waals surface area (Å²) in [5.74, 6) is -2.08. The van der Waals surface area contributed by atoms with Gasteiger partial charge in [0.05, 0.1) is 5.69 Å². The molecule has 88 valence electrons. The monoisotopic (exact) mass is 227 g/mol. The fraction of sp³-hybridized carbons (Fsp3) is 0.364. The number of hydrogen-bond acceptors (Lipinski definition) is 3. The normalized spacial score (nSPS) is 12.2. The van der Waals surface area contributed by atoms with E-state index in [1.807, 2.05) is 0 Å². The maximum absolute atomic E-state index is 13.3. The molecule has 0 spiro atoms. The summed E-state index contributed by atoms with van der Waals surface area (Å²) in [6.07, 6.45) is 0.468. The summed E-state index contributed by atoms with van der Waals surface area (Å²) < 4.78 is 13.3. The number of nitrogens with one attached hydrogen (secondary N) is 1. The van der Waals surface area contributed by atoms with Gasteiger partial charge in [0, 0.05) is 12.6 Å². The van der Waals surface area contributed by atoms with Gasteiger partial charge in [-0.25, -0.2) is 9.18 Å². The highest BCUT2D eigenvalue weighted by Gasteiger charge is 2.16. The molecule has 16 heavy (non-hydrogen) atoms. The third kappa shape index (κ3) is 2.93. The number of aromatic carboxylic acids is 1. The molecule has 0 aliphatic rings. The summed E-state index contributed by atoms with van der Waals surface area (Å²) in [5.41, 5.74) is -0.138. The largest absolute Gasteiger partial charge is 0.478 e. The molecule has 0 fully saturated rings. The standard InChI is InChI=1S/C11H14FNO3/c1-7(5-6-14)13-9-4-2-3-8(12)10(9)11(15)16/h2-4,7,13-14H,5-6H2,1H3,(H,15,16). The Labute approximate surface area is 92.7 Å². The molecular formula is C11H14FNO3. The van der Waals surface area contributed by atoms with Crippen LogP contribution in [-0.2, 0) is 0 Å². The number of anilines is 1. The summed E-state index contributed by atoms with van der Waals surface area (Å²) in [7, 11) is 0.